The number of H-pyrrole nitrogens is 1. The molecule has 2 N–H and O–H groups in total. The summed E-state index contributed by atoms with van der Waals surface area (Å²) in [4.78, 5) is 31.0. The van der Waals surface area contributed by atoms with Crippen molar-refractivity contribution < 1.29 is 14.1 Å². The number of piperidine rings is 1. The van der Waals surface area contributed by atoms with Gasteiger partial charge in [0.15, 0.2) is 0 Å². The molecule has 0 radical (unpaired) electrons. The minimum Gasteiger partial charge on any atom is -0.361 e. The SMILES string of the molecule is Cc1noc(C)c1C(=O)N1CCC(C(=O)Nc2cccc(-c3cc4ccccc4[nH]3)c2)CC1. The van der Waals surface area contributed by atoms with Crippen LogP contribution >= 0.6 is 0 Å². The molecule has 2 aromatic carbocycles. The van der Waals surface area contributed by atoms with E-state index in [4.69, 9.17) is 4.52 Å². The molecule has 4 aromatic rings. The normalized spacial score (nSPS) is 14.5. The fourth-order valence-electron chi connectivity index (χ4n) is 4.53. The minimum absolute atomic E-state index is 0.00626. The second kappa shape index (κ2) is 8.58. The Morgan fingerprint density at radius 1 is 1.06 bits per heavy atom. The van der Waals surface area contributed by atoms with E-state index < -0.39 is 0 Å². The first-order valence-electron chi connectivity index (χ1n) is 11.2. The molecule has 0 atom stereocenters. The van der Waals surface area contributed by atoms with Crippen molar-refractivity contribution in [1.82, 2.24) is 15.0 Å². The molecule has 0 spiro atoms. The number of carbonyl (C=O) groups excluding carboxylic acids is 2. The second-order valence-electron chi connectivity index (χ2n) is 8.61. The van der Waals surface area contributed by atoms with E-state index in [9.17, 15) is 9.59 Å². The van der Waals surface area contributed by atoms with Gasteiger partial charge in [-0.05, 0) is 51.0 Å². The summed E-state index contributed by atoms with van der Waals surface area (Å²) in [5.74, 6) is 0.326. The van der Waals surface area contributed by atoms with Crippen LogP contribution in [0.1, 0.15) is 34.7 Å². The van der Waals surface area contributed by atoms with E-state index >= 15 is 0 Å². The number of anilines is 1. The Labute approximate surface area is 191 Å². The number of amides is 2. The Bertz CT molecular complexity index is 1280. The predicted molar refractivity (Wildman–Crippen MR) is 127 cm³/mol. The Morgan fingerprint density at radius 2 is 1.85 bits per heavy atom. The van der Waals surface area contributed by atoms with Gasteiger partial charge in [0, 0.05) is 46.9 Å². The van der Waals surface area contributed by atoms with E-state index in [1.165, 1.54) is 0 Å². The average Bonchev–Trinajstić information content (AvgIpc) is 3.42. The molecule has 2 aromatic heterocycles. The van der Waals surface area contributed by atoms with Gasteiger partial charge in [0.25, 0.3) is 5.91 Å². The summed E-state index contributed by atoms with van der Waals surface area (Å²) in [6, 6.07) is 18.1. The second-order valence-corrected chi connectivity index (χ2v) is 8.61. The smallest absolute Gasteiger partial charge is 0.259 e. The number of nitrogens with zero attached hydrogens (tertiary/aromatic N) is 2. The lowest BCUT2D eigenvalue weighted by molar-refractivity contribution is -0.121. The third-order valence-electron chi connectivity index (χ3n) is 6.37. The molecule has 0 unspecified atom stereocenters. The van der Waals surface area contributed by atoms with Gasteiger partial charge in [-0.15, -0.1) is 0 Å². The van der Waals surface area contributed by atoms with Crippen molar-refractivity contribution in [2.75, 3.05) is 18.4 Å². The number of aryl methyl sites for hydroxylation is 2. The van der Waals surface area contributed by atoms with Crippen molar-refractivity contribution in [3.05, 3.63) is 71.6 Å². The fourth-order valence-corrected chi connectivity index (χ4v) is 4.53. The Balaban J connectivity index is 1.23. The summed E-state index contributed by atoms with van der Waals surface area (Å²) >= 11 is 0. The van der Waals surface area contributed by atoms with Gasteiger partial charge in [0.2, 0.25) is 5.91 Å². The maximum absolute atomic E-state index is 12.9. The molecule has 5 rings (SSSR count). The Morgan fingerprint density at radius 3 is 2.58 bits per heavy atom. The molecule has 1 aliphatic rings. The van der Waals surface area contributed by atoms with Crippen LogP contribution in [0.5, 0.6) is 0 Å². The number of likely N-dealkylation sites (tertiary alicyclic amines) is 1. The van der Waals surface area contributed by atoms with Gasteiger partial charge in [-0.25, -0.2) is 0 Å². The lowest BCUT2D eigenvalue weighted by Crippen LogP contribution is -2.41. The van der Waals surface area contributed by atoms with E-state index in [1.807, 2.05) is 42.5 Å². The van der Waals surface area contributed by atoms with Gasteiger partial charge < -0.3 is 19.7 Å². The topological polar surface area (TPSA) is 91.2 Å². The first-order valence-corrected chi connectivity index (χ1v) is 11.2. The maximum Gasteiger partial charge on any atom is 0.259 e. The molecule has 7 heteroatoms. The number of hydrogen-bond acceptors (Lipinski definition) is 4. The molecule has 3 heterocycles. The molecule has 7 nitrogen and oxygen atoms in total. The number of para-hydroxylation sites is 1. The van der Waals surface area contributed by atoms with Gasteiger partial charge in [0.05, 0.1) is 5.69 Å². The highest BCUT2D eigenvalue weighted by molar-refractivity contribution is 5.97. The summed E-state index contributed by atoms with van der Waals surface area (Å²) in [5.41, 5.74) is 5.02. The number of aromatic nitrogens is 2. The summed E-state index contributed by atoms with van der Waals surface area (Å²) in [7, 11) is 0. The van der Waals surface area contributed by atoms with Crippen molar-refractivity contribution in [3.8, 4) is 11.3 Å². The summed E-state index contributed by atoms with van der Waals surface area (Å²) < 4.78 is 5.13. The molecular weight excluding hydrogens is 416 g/mol. The molecule has 1 fully saturated rings. The van der Waals surface area contributed by atoms with Crippen LogP contribution in [-0.4, -0.2) is 39.9 Å². The Kier molecular flexibility index (Phi) is 5.46. The highest BCUT2D eigenvalue weighted by atomic mass is 16.5. The number of benzene rings is 2. The zero-order valence-corrected chi connectivity index (χ0v) is 18.7. The highest BCUT2D eigenvalue weighted by Crippen LogP contribution is 2.27. The third kappa shape index (κ3) is 4.14. The monoisotopic (exact) mass is 442 g/mol. The van der Waals surface area contributed by atoms with Crippen LogP contribution in [-0.2, 0) is 4.79 Å². The van der Waals surface area contributed by atoms with Crippen LogP contribution in [0.3, 0.4) is 0 Å². The first-order chi connectivity index (χ1) is 16.0. The quantitative estimate of drug-likeness (QED) is 0.469. The Hall–Kier alpha value is -3.87. The predicted octanol–water partition coefficient (Wildman–Crippen LogP) is 4.93. The number of nitrogens with one attached hydrogen (secondary N) is 2. The standard InChI is InChI=1S/C26H26N4O3/c1-16-24(17(2)33-29-16)26(32)30-12-10-18(11-13-30)25(31)27-21-8-5-7-19(14-21)23-15-20-6-3-4-9-22(20)28-23/h3-9,14-15,18,28H,10-13H2,1-2H3,(H,27,31). The maximum atomic E-state index is 12.9. The van der Waals surface area contributed by atoms with Crippen molar-refractivity contribution in [3.63, 3.8) is 0 Å². The zero-order valence-electron chi connectivity index (χ0n) is 18.7. The number of rotatable bonds is 4. The van der Waals surface area contributed by atoms with E-state index in [-0.39, 0.29) is 17.7 Å². The number of aromatic amines is 1. The lowest BCUT2D eigenvalue weighted by atomic mass is 9.95. The number of hydrogen-bond donors (Lipinski definition) is 2. The van der Waals surface area contributed by atoms with E-state index in [0.717, 1.165) is 27.8 Å². The minimum atomic E-state index is -0.129. The van der Waals surface area contributed by atoms with Crippen LogP contribution in [0.15, 0.2) is 59.1 Å². The van der Waals surface area contributed by atoms with E-state index in [1.54, 1.807) is 18.7 Å². The fraction of sp³-hybridized carbons (Fsp3) is 0.269. The van der Waals surface area contributed by atoms with Gasteiger partial charge in [0.1, 0.15) is 11.3 Å². The molecule has 168 valence electrons. The van der Waals surface area contributed by atoms with E-state index in [0.29, 0.717) is 42.9 Å². The van der Waals surface area contributed by atoms with Crippen LogP contribution < -0.4 is 5.32 Å². The average molecular weight is 443 g/mol. The summed E-state index contributed by atoms with van der Waals surface area (Å²) in [6.07, 6.45) is 1.26. The molecule has 33 heavy (non-hydrogen) atoms. The first kappa shape index (κ1) is 21.0. The molecule has 0 bridgehead atoms. The zero-order chi connectivity index (χ0) is 22.9. The molecule has 0 aliphatic carbocycles. The highest BCUT2D eigenvalue weighted by Gasteiger charge is 2.30. The largest absolute Gasteiger partial charge is 0.361 e. The third-order valence-corrected chi connectivity index (χ3v) is 6.37. The van der Waals surface area contributed by atoms with Crippen molar-refractivity contribution in [1.29, 1.82) is 0 Å². The molecule has 1 saturated heterocycles. The summed E-state index contributed by atoms with van der Waals surface area (Å²) in [6.45, 7) is 4.59. The summed E-state index contributed by atoms with van der Waals surface area (Å²) in [5, 5.41) is 8.09. The lowest BCUT2D eigenvalue weighted by Gasteiger charge is -2.31. The van der Waals surface area contributed by atoms with Crippen molar-refractivity contribution in [2.45, 2.75) is 26.7 Å². The van der Waals surface area contributed by atoms with Gasteiger partial charge >= 0.3 is 0 Å². The molecule has 0 saturated carbocycles. The van der Waals surface area contributed by atoms with Crippen LogP contribution in [0.25, 0.3) is 22.2 Å². The van der Waals surface area contributed by atoms with Crippen molar-refractivity contribution in [2.24, 2.45) is 5.92 Å². The van der Waals surface area contributed by atoms with E-state index in [2.05, 4.69) is 27.6 Å². The number of carbonyl (C=O) groups is 2. The van der Waals surface area contributed by atoms with Gasteiger partial charge in [-0.2, -0.15) is 0 Å². The van der Waals surface area contributed by atoms with Crippen LogP contribution in [0.4, 0.5) is 5.69 Å². The van der Waals surface area contributed by atoms with Gasteiger partial charge in [-0.3, -0.25) is 9.59 Å². The molecule has 2 amide bonds. The van der Waals surface area contributed by atoms with Crippen LogP contribution in [0, 0.1) is 19.8 Å². The van der Waals surface area contributed by atoms with Gasteiger partial charge in [-0.1, -0.05) is 35.5 Å². The van der Waals surface area contributed by atoms with Crippen LogP contribution in [0.2, 0.25) is 0 Å². The number of fused-ring (bicyclic) bond motifs is 1. The molecular formula is C26H26N4O3. The van der Waals surface area contributed by atoms with Crippen molar-refractivity contribution >= 4 is 28.4 Å². The molecule has 1 aliphatic heterocycles.